The van der Waals surface area contributed by atoms with Gasteiger partial charge in [0.05, 0.1) is 18.8 Å². The molecule has 0 radical (unpaired) electrons. The number of amides is 1. The summed E-state index contributed by atoms with van der Waals surface area (Å²) < 4.78 is 17.0. The number of likely N-dealkylation sites (tertiary alicyclic amines) is 1. The highest BCUT2D eigenvalue weighted by Crippen LogP contribution is 2.52. The van der Waals surface area contributed by atoms with E-state index in [4.69, 9.17) is 14.0 Å². The first-order chi connectivity index (χ1) is 11.7. The molecule has 0 aromatic carbocycles. The average molecular weight is 333 g/mol. The molecule has 4 aliphatic rings. The van der Waals surface area contributed by atoms with Crippen molar-refractivity contribution in [3.63, 3.8) is 0 Å². The quantitative estimate of drug-likeness (QED) is 0.816. The van der Waals surface area contributed by atoms with Gasteiger partial charge in [-0.3, -0.25) is 4.79 Å². The number of piperidine rings is 1. The lowest BCUT2D eigenvalue weighted by atomic mass is 9.88. The number of fused-ring (bicyclic) bond motifs is 1. The lowest BCUT2D eigenvalue weighted by Crippen LogP contribution is -2.47. The fourth-order valence-electron chi connectivity index (χ4n) is 4.75. The van der Waals surface area contributed by atoms with Crippen LogP contribution < -0.4 is 0 Å². The first-order valence-corrected chi connectivity index (χ1v) is 9.00. The Hall–Kier alpha value is -1.47. The number of aryl methyl sites for hydroxylation is 1. The highest BCUT2D eigenvalue weighted by molar-refractivity contribution is 5.82. The van der Waals surface area contributed by atoms with E-state index in [0.717, 1.165) is 52.0 Å². The molecular weight excluding hydrogens is 310 g/mol. The highest BCUT2D eigenvalue weighted by atomic mass is 16.5. The zero-order valence-corrected chi connectivity index (χ0v) is 13.9. The minimum atomic E-state index is -0.119. The molecule has 0 N–H and O–H groups in total. The smallest absolute Gasteiger partial charge is 0.255 e. The molecule has 24 heavy (non-hydrogen) atoms. The van der Waals surface area contributed by atoms with Crippen LogP contribution in [0.1, 0.15) is 43.5 Å². The van der Waals surface area contributed by atoms with Crippen LogP contribution in [0.2, 0.25) is 0 Å². The van der Waals surface area contributed by atoms with Gasteiger partial charge in [0.15, 0.2) is 5.82 Å². The molecule has 4 fully saturated rings. The standard InChI is InChI=1S/C17H23N3O4/c1-10-18-15(24-19-10)13-2-3-17(23-13)4-6-20(7-5-17)16(21)14-11-8-22-9-12(11)14/h11-14H,2-9H2,1H3/t11-,12+,13?,14?. The SMILES string of the molecule is Cc1noc(C2CCC3(CCN(C(=O)C4[C@H]5COC[C@@H]45)CC3)O2)n1. The summed E-state index contributed by atoms with van der Waals surface area (Å²) in [6.07, 6.45) is 3.64. The predicted octanol–water partition coefficient (Wildman–Crippen LogP) is 1.48. The summed E-state index contributed by atoms with van der Waals surface area (Å²) in [6, 6.07) is 0. The topological polar surface area (TPSA) is 77.7 Å². The van der Waals surface area contributed by atoms with E-state index in [1.165, 1.54) is 0 Å². The van der Waals surface area contributed by atoms with E-state index in [1.54, 1.807) is 0 Å². The Bertz CT molecular complexity index is 642. The van der Waals surface area contributed by atoms with Gasteiger partial charge in [-0.25, -0.2) is 0 Å². The van der Waals surface area contributed by atoms with E-state index in [-0.39, 0.29) is 17.6 Å². The summed E-state index contributed by atoms with van der Waals surface area (Å²) >= 11 is 0. The van der Waals surface area contributed by atoms with Gasteiger partial charge in [-0.15, -0.1) is 0 Å². The Morgan fingerprint density at radius 3 is 2.62 bits per heavy atom. The van der Waals surface area contributed by atoms with E-state index in [9.17, 15) is 4.79 Å². The van der Waals surface area contributed by atoms with Crippen molar-refractivity contribution in [1.29, 1.82) is 0 Å². The molecule has 1 aromatic rings. The van der Waals surface area contributed by atoms with E-state index in [2.05, 4.69) is 10.1 Å². The van der Waals surface area contributed by atoms with Crippen molar-refractivity contribution in [2.45, 2.75) is 44.3 Å². The molecule has 1 saturated carbocycles. The molecule has 1 aromatic heterocycles. The van der Waals surface area contributed by atoms with Crippen LogP contribution in [0.3, 0.4) is 0 Å². The number of hydrogen-bond donors (Lipinski definition) is 0. The third-order valence-corrected chi connectivity index (χ3v) is 6.30. The zero-order valence-electron chi connectivity index (χ0n) is 13.9. The Balaban J connectivity index is 1.19. The third kappa shape index (κ3) is 2.29. The van der Waals surface area contributed by atoms with E-state index >= 15 is 0 Å². The predicted molar refractivity (Wildman–Crippen MR) is 81.9 cm³/mol. The number of rotatable bonds is 2. The van der Waals surface area contributed by atoms with Crippen molar-refractivity contribution in [2.24, 2.45) is 17.8 Å². The fourth-order valence-corrected chi connectivity index (χ4v) is 4.75. The van der Waals surface area contributed by atoms with Gasteiger partial charge in [0.25, 0.3) is 5.89 Å². The largest absolute Gasteiger partial charge is 0.381 e. The molecular formula is C17H23N3O4. The molecule has 3 saturated heterocycles. The summed E-state index contributed by atoms with van der Waals surface area (Å²) in [5.74, 6) is 2.78. The van der Waals surface area contributed by atoms with Gasteiger partial charge < -0.3 is 18.9 Å². The summed E-state index contributed by atoms with van der Waals surface area (Å²) in [6.45, 7) is 4.96. The van der Waals surface area contributed by atoms with Crippen LogP contribution in [0.4, 0.5) is 0 Å². The number of carbonyl (C=O) groups is 1. The number of nitrogens with zero attached hydrogens (tertiary/aromatic N) is 3. The minimum Gasteiger partial charge on any atom is -0.381 e. The van der Waals surface area contributed by atoms with Crippen molar-refractivity contribution in [3.05, 3.63) is 11.7 Å². The van der Waals surface area contributed by atoms with Crippen molar-refractivity contribution in [1.82, 2.24) is 15.0 Å². The van der Waals surface area contributed by atoms with Crippen molar-refractivity contribution in [3.8, 4) is 0 Å². The summed E-state index contributed by atoms with van der Waals surface area (Å²) in [7, 11) is 0. The van der Waals surface area contributed by atoms with Crippen molar-refractivity contribution in [2.75, 3.05) is 26.3 Å². The zero-order chi connectivity index (χ0) is 16.3. The Kier molecular flexibility index (Phi) is 3.25. The second-order valence-corrected chi connectivity index (χ2v) is 7.72. The van der Waals surface area contributed by atoms with Gasteiger partial charge in [-0.1, -0.05) is 5.16 Å². The van der Waals surface area contributed by atoms with Gasteiger partial charge >= 0.3 is 0 Å². The van der Waals surface area contributed by atoms with Crippen LogP contribution >= 0.6 is 0 Å². The molecule has 1 spiro atoms. The fraction of sp³-hybridized carbons (Fsp3) is 0.824. The molecule has 5 rings (SSSR count). The van der Waals surface area contributed by atoms with Crippen LogP contribution in [-0.2, 0) is 14.3 Å². The lowest BCUT2D eigenvalue weighted by molar-refractivity contribution is -0.141. The minimum absolute atomic E-state index is 0.0895. The van der Waals surface area contributed by atoms with Crippen molar-refractivity contribution >= 4 is 5.91 Å². The van der Waals surface area contributed by atoms with Gasteiger partial charge in [0, 0.05) is 19.0 Å². The third-order valence-electron chi connectivity index (χ3n) is 6.30. The molecule has 4 atom stereocenters. The highest BCUT2D eigenvalue weighted by Gasteiger charge is 2.59. The molecule has 3 aliphatic heterocycles. The molecule has 4 heterocycles. The monoisotopic (exact) mass is 333 g/mol. The maximum absolute atomic E-state index is 12.7. The number of hydrogen-bond acceptors (Lipinski definition) is 6. The summed E-state index contributed by atoms with van der Waals surface area (Å²) in [5, 5.41) is 3.85. The Morgan fingerprint density at radius 1 is 1.21 bits per heavy atom. The maximum Gasteiger partial charge on any atom is 0.255 e. The summed E-state index contributed by atoms with van der Waals surface area (Å²) in [4.78, 5) is 19.0. The second kappa shape index (κ2) is 5.26. The van der Waals surface area contributed by atoms with Gasteiger partial charge in [-0.2, -0.15) is 4.98 Å². The number of aromatic nitrogens is 2. The van der Waals surface area contributed by atoms with Crippen LogP contribution in [0.15, 0.2) is 4.52 Å². The first kappa shape index (κ1) is 14.8. The summed E-state index contributed by atoms with van der Waals surface area (Å²) in [5.41, 5.74) is -0.119. The molecule has 1 amide bonds. The number of carbonyl (C=O) groups excluding carboxylic acids is 1. The van der Waals surface area contributed by atoms with Crippen LogP contribution in [-0.4, -0.2) is 52.9 Å². The van der Waals surface area contributed by atoms with E-state index in [1.807, 2.05) is 11.8 Å². The van der Waals surface area contributed by atoms with E-state index < -0.39 is 0 Å². The lowest BCUT2D eigenvalue weighted by Gasteiger charge is -2.39. The molecule has 7 nitrogen and oxygen atoms in total. The molecule has 130 valence electrons. The normalized spacial score (nSPS) is 37.0. The van der Waals surface area contributed by atoms with Gasteiger partial charge in [-0.05, 0) is 44.4 Å². The van der Waals surface area contributed by atoms with Gasteiger partial charge in [0.1, 0.15) is 6.10 Å². The van der Waals surface area contributed by atoms with Crippen LogP contribution in [0.25, 0.3) is 0 Å². The molecule has 0 bridgehead atoms. The maximum atomic E-state index is 12.7. The number of ether oxygens (including phenoxy) is 2. The second-order valence-electron chi connectivity index (χ2n) is 7.72. The first-order valence-electron chi connectivity index (χ1n) is 9.00. The Morgan fingerprint density at radius 2 is 1.96 bits per heavy atom. The van der Waals surface area contributed by atoms with Crippen LogP contribution in [0.5, 0.6) is 0 Å². The molecule has 2 unspecified atom stereocenters. The van der Waals surface area contributed by atoms with E-state index in [0.29, 0.717) is 29.5 Å². The van der Waals surface area contributed by atoms with Crippen LogP contribution in [0, 0.1) is 24.7 Å². The molecule has 1 aliphatic carbocycles. The van der Waals surface area contributed by atoms with Gasteiger partial charge in [0.2, 0.25) is 5.91 Å². The van der Waals surface area contributed by atoms with Crippen molar-refractivity contribution < 1.29 is 18.8 Å². The molecule has 7 heteroatoms. The Labute approximate surface area is 140 Å². The average Bonchev–Trinajstić information content (AvgIpc) is 3.04.